The Balaban J connectivity index is 0.00000133. The molecule has 1 saturated heterocycles. The van der Waals surface area contributed by atoms with Crippen LogP contribution in [0.5, 0.6) is 0 Å². The van der Waals surface area contributed by atoms with Gasteiger partial charge in [-0.3, -0.25) is 15.0 Å². The van der Waals surface area contributed by atoms with Crippen molar-refractivity contribution in [1.82, 2.24) is 10.6 Å². The van der Waals surface area contributed by atoms with Crippen LogP contribution in [0.15, 0.2) is 18.2 Å². The SMILES string of the molecule is Cl.O=C1CCN(c2ccc3c(c2)CNCC3)C(=O)N1. The topological polar surface area (TPSA) is 61.4 Å². The number of rotatable bonds is 1. The molecule has 0 spiro atoms. The number of amides is 3. The number of nitrogens with zero attached hydrogens (tertiary/aromatic N) is 1. The Morgan fingerprint density at radius 2 is 1.95 bits per heavy atom. The van der Waals surface area contributed by atoms with Crippen LogP contribution in [0.1, 0.15) is 17.5 Å². The van der Waals surface area contributed by atoms with Gasteiger partial charge in [-0.05, 0) is 36.2 Å². The van der Waals surface area contributed by atoms with Crippen LogP contribution in [0.4, 0.5) is 10.5 Å². The summed E-state index contributed by atoms with van der Waals surface area (Å²) in [5, 5.41) is 5.66. The van der Waals surface area contributed by atoms with Crippen LogP contribution >= 0.6 is 12.4 Å². The smallest absolute Gasteiger partial charge is 0.312 e. The molecule has 0 aromatic heterocycles. The van der Waals surface area contributed by atoms with Gasteiger partial charge >= 0.3 is 6.03 Å². The van der Waals surface area contributed by atoms with E-state index in [1.807, 2.05) is 12.1 Å². The molecule has 0 aliphatic carbocycles. The molecule has 3 rings (SSSR count). The summed E-state index contributed by atoms with van der Waals surface area (Å²) in [7, 11) is 0. The molecule has 0 bridgehead atoms. The van der Waals surface area contributed by atoms with Crippen molar-refractivity contribution < 1.29 is 9.59 Å². The molecule has 19 heavy (non-hydrogen) atoms. The lowest BCUT2D eigenvalue weighted by molar-refractivity contribution is -0.120. The Morgan fingerprint density at radius 3 is 2.74 bits per heavy atom. The first kappa shape index (κ1) is 13.8. The van der Waals surface area contributed by atoms with Crippen molar-refractivity contribution in [3.05, 3.63) is 29.3 Å². The summed E-state index contributed by atoms with van der Waals surface area (Å²) < 4.78 is 0. The summed E-state index contributed by atoms with van der Waals surface area (Å²) in [5.41, 5.74) is 3.44. The molecule has 2 aliphatic rings. The monoisotopic (exact) mass is 281 g/mol. The van der Waals surface area contributed by atoms with Crippen molar-refractivity contribution in [1.29, 1.82) is 0 Å². The highest BCUT2D eigenvalue weighted by Crippen LogP contribution is 2.23. The van der Waals surface area contributed by atoms with Gasteiger partial charge in [-0.1, -0.05) is 6.07 Å². The summed E-state index contributed by atoms with van der Waals surface area (Å²) in [6.07, 6.45) is 1.39. The quantitative estimate of drug-likeness (QED) is 0.813. The number of imide groups is 1. The average Bonchev–Trinajstić information content (AvgIpc) is 2.38. The van der Waals surface area contributed by atoms with Crippen LogP contribution < -0.4 is 15.5 Å². The molecule has 6 heteroatoms. The lowest BCUT2D eigenvalue weighted by atomic mass is 10.00. The van der Waals surface area contributed by atoms with E-state index in [-0.39, 0.29) is 24.3 Å². The number of hydrogen-bond acceptors (Lipinski definition) is 3. The first-order chi connectivity index (χ1) is 8.74. The second kappa shape index (κ2) is 5.59. The highest BCUT2D eigenvalue weighted by molar-refractivity contribution is 6.05. The van der Waals surface area contributed by atoms with Gasteiger partial charge in [-0.25, -0.2) is 4.79 Å². The van der Waals surface area contributed by atoms with E-state index in [4.69, 9.17) is 0 Å². The van der Waals surface area contributed by atoms with Gasteiger partial charge in [0.2, 0.25) is 5.91 Å². The third-order valence-electron chi connectivity index (χ3n) is 3.44. The third kappa shape index (κ3) is 2.72. The van der Waals surface area contributed by atoms with Gasteiger partial charge in [0, 0.05) is 25.2 Å². The van der Waals surface area contributed by atoms with Gasteiger partial charge in [0.1, 0.15) is 0 Å². The summed E-state index contributed by atoms with van der Waals surface area (Å²) in [6.45, 7) is 2.31. The molecular weight excluding hydrogens is 266 g/mol. The predicted molar refractivity (Wildman–Crippen MR) is 74.6 cm³/mol. The predicted octanol–water partition coefficient (Wildman–Crippen LogP) is 1.20. The van der Waals surface area contributed by atoms with Gasteiger partial charge in [0.05, 0.1) is 0 Å². The van der Waals surface area contributed by atoms with Crippen molar-refractivity contribution in [3.63, 3.8) is 0 Å². The van der Waals surface area contributed by atoms with Crippen LogP contribution in [0.2, 0.25) is 0 Å². The Kier molecular flexibility index (Phi) is 4.07. The molecule has 5 nitrogen and oxygen atoms in total. The first-order valence-electron chi connectivity index (χ1n) is 6.18. The molecule has 2 aliphatic heterocycles. The van der Waals surface area contributed by atoms with Crippen LogP contribution in [0.3, 0.4) is 0 Å². The van der Waals surface area contributed by atoms with Gasteiger partial charge in [0.25, 0.3) is 0 Å². The zero-order valence-corrected chi connectivity index (χ0v) is 11.3. The minimum atomic E-state index is -0.324. The number of nitrogens with one attached hydrogen (secondary N) is 2. The molecule has 1 fully saturated rings. The van der Waals surface area contributed by atoms with Crippen molar-refractivity contribution in [3.8, 4) is 0 Å². The van der Waals surface area contributed by atoms with Gasteiger partial charge in [-0.2, -0.15) is 0 Å². The minimum Gasteiger partial charge on any atom is -0.312 e. The lowest BCUT2D eigenvalue weighted by Crippen LogP contribution is -2.49. The van der Waals surface area contributed by atoms with E-state index in [1.54, 1.807) is 4.90 Å². The Morgan fingerprint density at radius 1 is 1.11 bits per heavy atom. The molecule has 1 aromatic carbocycles. The van der Waals surface area contributed by atoms with Crippen LogP contribution in [0.25, 0.3) is 0 Å². The molecule has 0 atom stereocenters. The molecule has 2 N–H and O–H groups in total. The summed E-state index contributed by atoms with van der Waals surface area (Å²) in [5.74, 6) is -0.198. The van der Waals surface area contributed by atoms with Gasteiger partial charge < -0.3 is 5.32 Å². The van der Waals surface area contributed by atoms with Gasteiger partial charge in [0.15, 0.2) is 0 Å². The zero-order valence-electron chi connectivity index (χ0n) is 10.4. The minimum absolute atomic E-state index is 0. The van der Waals surface area contributed by atoms with Crippen molar-refractivity contribution in [2.45, 2.75) is 19.4 Å². The molecule has 2 heterocycles. The standard InChI is InChI=1S/C13H15N3O2.ClH/c17-12-4-6-16(13(18)15-12)11-2-1-9-3-5-14-8-10(9)7-11;/h1-2,7,14H,3-6,8H2,(H,15,17,18);1H. The maximum atomic E-state index is 11.8. The van der Waals surface area contributed by atoms with E-state index < -0.39 is 0 Å². The highest BCUT2D eigenvalue weighted by atomic mass is 35.5. The Bertz CT molecular complexity index is 519. The fourth-order valence-electron chi connectivity index (χ4n) is 2.45. The van der Waals surface area contributed by atoms with Gasteiger partial charge in [-0.15, -0.1) is 12.4 Å². The average molecular weight is 282 g/mol. The number of halogens is 1. The molecule has 102 valence electrons. The Hall–Kier alpha value is -1.59. The summed E-state index contributed by atoms with van der Waals surface area (Å²) in [4.78, 5) is 24.5. The van der Waals surface area contributed by atoms with Crippen molar-refractivity contribution in [2.75, 3.05) is 18.0 Å². The molecule has 0 saturated carbocycles. The number of urea groups is 1. The third-order valence-corrected chi connectivity index (χ3v) is 3.44. The number of fused-ring (bicyclic) bond motifs is 1. The van der Waals surface area contributed by atoms with E-state index in [0.717, 1.165) is 25.2 Å². The summed E-state index contributed by atoms with van der Waals surface area (Å²) in [6, 6.07) is 5.75. The fourth-order valence-corrected chi connectivity index (χ4v) is 2.45. The second-order valence-corrected chi connectivity index (χ2v) is 4.63. The number of benzene rings is 1. The van der Waals surface area contributed by atoms with E-state index in [2.05, 4.69) is 16.7 Å². The van der Waals surface area contributed by atoms with Crippen LogP contribution in [0, 0.1) is 0 Å². The number of anilines is 1. The normalized spacial score (nSPS) is 18.4. The summed E-state index contributed by atoms with van der Waals surface area (Å²) >= 11 is 0. The molecule has 1 aromatic rings. The van der Waals surface area contributed by atoms with E-state index in [9.17, 15) is 9.59 Å². The van der Waals surface area contributed by atoms with Crippen LogP contribution in [-0.2, 0) is 17.8 Å². The van der Waals surface area contributed by atoms with Crippen molar-refractivity contribution in [2.24, 2.45) is 0 Å². The maximum Gasteiger partial charge on any atom is 0.328 e. The molecule has 3 amide bonds. The van der Waals surface area contributed by atoms with E-state index in [1.165, 1.54) is 11.1 Å². The first-order valence-corrected chi connectivity index (χ1v) is 6.18. The fraction of sp³-hybridized carbons (Fsp3) is 0.385. The lowest BCUT2D eigenvalue weighted by Gasteiger charge is -2.28. The number of carbonyl (C=O) groups is 2. The van der Waals surface area contributed by atoms with Crippen molar-refractivity contribution >= 4 is 30.0 Å². The number of hydrogen-bond donors (Lipinski definition) is 2. The van der Waals surface area contributed by atoms with Crippen LogP contribution in [-0.4, -0.2) is 25.0 Å². The zero-order chi connectivity index (χ0) is 12.5. The van der Waals surface area contributed by atoms with E-state index >= 15 is 0 Å². The van der Waals surface area contributed by atoms with E-state index in [0.29, 0.717) is 13.0 Å². The largest absolute Gasteiger partial charge is 0.328 e. The maximum absolute atomic E-state index is 11.8. The molecule has 0 radical (unpaired) electrons. The number of carbonyl (C=O) groups excluding carboxylic acids is 2. The molecular formula is C13H16ClN3O2. The molecule has 0 unspecified atom stereocenters. The Labute approximate surface area is 117 Å². The highest BCUT2D eigenvalue weighted by Gasteiger charge is 2.24. The second-order valence-electron chi connectivity index (χ2n) is 4.63.